The fourth-order valence-electron chi connectivity index (χ4n) is 1.70. The summed E-state index contributed by atoms with van der Waals surface area (Å²) in [4.78, 5) is 13.7. The number of nitrogens with zero attached hydrogens (tertiary/aromatic N) is 1. The number of amides is 1. The summed E-state index contributed by atoms with van der Waals surface area (Å²) in [7, 11) is 1.73. The third kappa shape index (κ3) is 4.13. The van der Waals surface area contributed by atoms with Crippen molar-refractivity contribution in [3.63, 3.8) is 0 Å². The van der Waals surface area contributed by atoms with Gasteiger partial charge in [0.15, 0.2) is 11.5 Å². The highest BCUT2D eigenvalue weighted by Crippen LogP contribution is 2.28. The molecule has 0 aromatic heterocycles. The van der Waals surface area contributed by atoms with Gasteiger partial charge in [0.2, 0.25) is 0 Å². The van der Waals surface area contributed by atoms with Crippen molar-refractivity contribution in [2.75, 3.05) is 33.4 Å². The lowest BCUT2D eigenvalue weighted by Gasteiger charge is -2.17. The van der Waals surface area contributed by atoms with Crippen LogP contribution in [-0.2, 0) is 0 Å². The zero-order chi connectivity index (χ0) is 14.3. The second kappa shape index (κ2) is 7.63. The van der Waals surface area contributed by atoms with E-state index in [4.69, 9.17) is 15.2 Å². The summed E-state index contributed by atoms with van der Waals surface area (Å²) < 4.78 is 11.0. The van der Waals surface area contributed by atoms with Crippen molar-refractivity contribution in [3.05, 3.63) is 23.8 Å². The van der Waals surface area contributed by atoms with E-state index in [1.165, 1.54) is 0 Å². The third-order valence-corrected chi connectivity index (χ3v) is 2.60. The minimum absolute atomic E-state index is 0.0746. The van der Waals surface area contributed by atoms with Crippen molar-refractivity contribution in [2.45, 2.75) is 13.8 Å². The maximum atomic E-state index is 12.1. The predicted molar refractivity (Wildman–Crippen MR) is 74.8 cm³/mol. The van der Waals surface area contributed by atoms with Crippen molar-refractivity contribution in [3.8, 4) is 11.5 Å². The number of carbonyl (C=O) groups is 1. The van der Waals surface area contributed by atoms with Crippen LogP contribution in [-0.4, -0.2) is 44.2 Å². The summed E-state index contributed by atoms with van der Waals surface area (Å²) >= 11 is 0. The summed E-state index contributed by atoms with van der Waals surface area (Å²) in [5.41, 5.74) is 6.02. The number of hydrogen-bond acceptors (Lipinski definition) is 4. The molecule has 0 bridgehead atoms. The standard InChI is InChI=1S/C14H22N2O3/c1-4-18-12-7-6-11(10-13(12)19-5-2)14(17)16(3)9-8-15/h6-7,10H,4-5,8-9,15H2,1-3H3. The maximum absolute atomic E-state index is 12.1. The quantitative estimate of drug-likeness (QED) is 0.812. The molecule has 0 saturated carbocycles. The molecule has 19 heavy (non-hydrogen) atoms. The molecule has 1 aromatic rings. The first-order chi connectivity index (χ1) is 9.13. The summed E-state index contributed by atoms with van der Waals surface area (Å²) in [5.74, 6) is 1.17. The van der Waals surface area contributed by atoms with Gasteiger partial charge in [-0.05, 0) is 32.0 Å². The molecule has 0 unspecified atom stereocenters. The van der Waals surface area contributed by atoms with E-state index < -0.39 is 0 Å². The molecule has 0 aliphatic rings. The number of ether oxygens (including phenoxy) is 2. The number of nitrogens with two attached hydrogens (primary N) is 1. The van der Waals surface area contributed by atoms with Crippen molar-refractivity contribution in [1.29, 1.82) is 0 Å². The van der Waals surface area contributed by atoms with Gasteiger partial charge >= 0.3 is 0 Å². The lowest BCUT2D eigenvalue weighted by Crippen LogP contribution is -2.31. The first-order valence-corrected chi connectivity index (χ1v) is 6.49. The molecular formula is C14H22N2O3. The Morgan fingerprint density at radius 2 is 1.84 bits per heavy atom. The maximum Gasteiger partial charge on any atom is 0.253 e. The van der Waals surface area contributed by atoms with E-state index in [-0.39, 0.29) is 5.91 Å². The first kappa shape index (κ1) is 15.3. The van der Waals surface area contributed by atoms with Gasteiger partial charge in [0, 0.05) is 25.7 Å². The highest BCUT2D eigenvalue weighted by Gasteiger charge is 2.14. The normalized spacial score (nSPS) is 10.1. The molecule has 0 aliphatic carbocycles. The van der Waals surface area contributed by atoms with Gasteiger partial charge in [-0.3, -0.25) is 4.79 Å². The zero-order valence-electron chi connectivity index (χ0n) is 11.8. The fraction of sp³-hybridized carbons (Fsp3) is 0.500. The second-order valence-electron chi connectivity index (χ2n) is 4.04. The minimum atomic E-state index is -0.0746. The number of rotatable bonds is 7. The van der Waals surface area contributed by atoms with Crippen LogP contribution in [0.5, 0.6) is 11.5 Å². The fourth-order valence-corrected chi connectivity index (χ4v) is 1.70. The van der Waals surface area contributed by atoms with E-state index in [2.05, 4.69) is 0 Å². The third-order valence-electron chi connectivity index (χ3n) is 2.60. The van der Waals surface area contributed by atoms with Gasteiger partial charge in [-0.2, -0.15) is 0 Å². The Balaban J connectivity index is 2.96. The Morgan fingerprint density at radius 3 is 2.42 bits per heavy atom. The Hall–Kier alpha value is -1.75. The number of benzene rings is 1. The molecule has 1 rings (SSSR count). The van der Waals surface area contributed by atoms with Crippen LogP contribution in [0.4, 0.5) is 0 Å². The topological polar surface area (TPSA) is 64.8 Å². The van der Waals surface area contributed by atoms with E-state index >= 15 is 0 Å². The summed E-state index contributed by atoms with van der Waals surface area (Å²) in [6.45, 7) is 5.85. The zero-order valence-corrected chi connectivity index (χ0v) is 11.8. The molecule has 0 aliphatic heterocycles. The van der Waals surface area contributed by atoms with Crippen LogP contribution in [0.25, 0.3) is 0 Å². The van der Waals surface area contributed by atoms with Gasteiger partial charge in [-0.25, -0.2) is 0 Å². The number of likely N-dealkylation sites (N-methyl/N-ethyl adjacent to an activating group) is 1. The van der Waals surface area contributed by atoms with Crippen LogP contribution in [0.15, 0.2) is 18.2 Å². The lowest BCUT2D eigenvalue weighted by atomic mass is 10.1. The SMILES string of the molecule is CCOc1ccc(C(=O)N(C)CCN)cc1OCC. The number of hydrogen-bond donors (Lipinski definition) is 1. The summed E-state index contributed by atoms with van der Waals surface area (Å²) in [6.07, 6.45) is 0. The van der Waals surface area contributed by atoms with E-state index in [9.17, 15) is 4.79 Å². The van der Waals surface area contributed by atoms with Gasteiger partial charge < -0.3 is 20.1 Å². The molecule has 0 atom stereocenters. The van der Waals surface area contributed by atoms with Gasteiger partial charge in [0.05, 0.1) is 13.2 Å². The largest absolute Gasteiger partial charge is 0.490 e. The molecular weight excluding hydrogens is 244 g/mol. The van der Waals surface area contributed by atoms with Crippen molar-refractivity contribution in [1.82, 2.24) is 4.90 Å². The molecule has 0 spiro atoms. The summed E-state index contributed by atoms with van der Waals surface area (Å²) in [6, 6.07) is 5.21. The molecule has 0 heterocycles. The van der Waals surface area contributed by atoms with Gasteiger partial charge in [0.25, 0.3) is 5.91 Å². The van der Waals surface area contributed by atoms with E-state index in [1.807, 2.05) is 13.8 Å². The molecule has 1 aromatic carbocycles. The van der Waals surface area contributed by atoms with Gasteiger partial charge in [-0.1, -0.05) is 0 Å². The molecule has 1 amide bonds. The molecule has 5 nitrogen and oxygen atoms in total. The van der Waals surface area contributed by atoms with Crippen molar-refractivity contribution < 1.29 is 14.3 Å². The van der Waals surface area contributed by atoms with E-state index in [1.54, 1.807) is 30.1 Å². The van der Waals surface area contributed by atoms with Crippen LogP contribution in [0.1, 0.15) is 24.2 Å². The van der Waals surface area contributed by atoms with Crippen LogP contribution >= 0.6 is 0 Å². The highest BCUT2D eigenvalue weighted by molar-refractivity contribution is 5.94. The Morgan fingerprint density at radius 1 is 1.21 bits per heavy atom. The lowest BCUT2D eigenvalue weighted by molar-refractivity contribution is 0.0798. The molecule has 0 fully saturated rings. The Kier molecular flexibility index (Phi) is 6.15. The molecule has 0 saturated heterocycles. The summed E-state index contributed by atoms with van der Waals surface area (Å²) in [5, 5.41) is 0. The average Bonchev–Trinajstić information content (AvgIpc) is 2.40. The van der Waals surface area contributed by atoms with Crippen LogP contribution < -0.4 is 15.2 Å². The Bertz CT molecular complexity index is 421. The first-order valence-electron chi connectivity index (χ1n) is 6.49. The van der Waals surface area contributed by atoms with Crippen LogP contribution in [0.2, 0.25) is 0 Å². The molecule has 5 heteroatoms. The van der Waals surface area contributed by atoms with Gasteiger partial charge in [-0.15, -0.1) is 0 Å². The van der Waals surface area contributed by atoms with Crippen LogP contribution in [0, 0.1) is 0 Å². The van der Waals surface area contributed by atoms with Crippen molar-refractivity contribution in [2.24, 2.45) is 5.73 Å². The van der Waals surface area contributed by atoms with E-state index in [0.29, 0.717) is 43.4 Å². The molecule has 0 radical (unpaired) electrons. The monoisotopic (exact) mass is 266 g/mol. The van der Waals surface area contributed by atoms with E-state index in [0.717, 1.165) is 0 Å². The number of carbonyl (C=O) groups excluding carboxylic acids is 1. The second-order valence-corrected chi connectivity index (χ2v) is 4.04. The average molecular weight is 266 g/mol. The highest BCUT2D eigenvalue weighted by atomic mass is 16.5. The van der Waals surface area contributed by atoms with Gasteiger partial charge in [0.1, 0.15) is 0 Å². The Labute approximate surface area is 114 Å². The van der Waals surface area contributed by atoms with Crippen LogP contribution in [0.3, 0.4) is 0 Å². The molecule has 106 valence electrons. The molecule has 2 N–H and O–H groups in total. The van der Waals surface area contributed by atoms with Crippen molar-refractivity contribution >= 4 is 5.91 Å². The smallest absolute Gasteiger partial charge is 0.253 e. The predicted octanol–water partition coefficient (Wildman–Crippen LogP) is 1.51. The minimum Gasteiger partial charge on any atom is -0.490 e.